The summed E-state index contributed by atoms with van der Waals surface area (Å²) in [4.78, 5) is 8.81. The highest BCUT2D eigenvalue weighted by molar-refractivity contribution is 5.44. The molecule has 0 heterocycles. The lowest BCUT2D eigenvalue weighted by atomic mass is 9.70. The Bertz CT molecular complexity index is 320. The van der Waals surface area contributed by atoms with Crippen molar-refractivity contribution in [2.24, 2.45) is 17.8 Å². The van der Waals surface area contributed by atoms with Crippen LogP contribution in [0.25, 0.3) is 0 Å². The van der Waals surface area contributed by atoms with E-state index in [2.05, 4.69) is 6.92 Å². The first-order valence-electron chi connectivity index (χ1n) is 9.63. The SMILES string of the molecule is CC=O.[2H]C1([2H])CC(C2CCC(CCC)CC2)CC([2H])([2H])C1. The molecule has 2 saturated carbocycles. The van der Waals surface area contributed by atoms with Crippen molar-refractivity contribution >= 4 is 6.29 Å². The molecule has 0 radical (unpaired) electrons. The van der Waals surface area contributed by atoms with Crippen LogP contribution in [0.3, 0.4) is 0 Å². The van der Waals surface area contributed by atoms with Crippen molar-refractivity contribution in [1.82, 2.24) is 0 Å². The maximum absolute atomic E-state index is 8.81. The van der Waals surface area contributed by atoms with Gasteiger partial charge in [-0.3, -0.25) is 0 Å². The maximum atomic E-state index is 8.81. The van der Waals surface area contributed by atoms with Crippen molar-refractivity contribution < 1.29 is 10.3 Å². The predicted octanol–water partition coefficient (Wildman–Crippen LogP) is 5.38. The van der Waals surface area contributed by atoms with Crippen LogP contribution in [-0.4, -0.2) is 6.29 Å². The zero-order valence-corrected chi connectivity index (χ0v) is 12.1. The highest BCUT2D eigenvalue weighted by Crippen LogP contribution is 2.40. The van der Waals surface area contributed by atoms with Crippen LogP contribution in [-0.2, 0) is 4.79 Å². The molecule has 106 valence electrons. The first-order valence-corrected chi connectivity index (χ1v) is 7.63. The smallest absolute Gasteiger partial charge is 0.116 e. The van der Waals surface area contributed by atoms with Crippen molar-refractivity contribution in [3.05, 3.63) is 0 Å². The van der Waals surface area contributed by atoms with E-state index in [1.165, 1.54) is 45.4 Å². The molecule has 0 aromatic carbocycles. The minimum absolute atomic E-state index is 0.0850. The van der Waals surface area contributed by atoms with Gasteiger partial charge in [0.2, 0.25) is 0 Å². The molecule has 1 nitrogen and oxygen atoms in total. The normalized spacial score (nSPS) is 38.1. The molecule has 0 saturated heterocycles. The highest BCUT2D eigenvalue weighted by Gasteiger charge is 2.27. The van der Waals surface area contributed by atoms with E-state index in [1.54, 1.807) is 0 Å². The van der Waals surface area contributed by atoms with Gasteiger partial charge >= 0.3 is 0 Å². The van der Waals surface area contributed by atoms with Gasteiger partial charge in [-0.1, -0.05) is 64.6 Å². The van der Waals surface area contributed by atoms with Gasteiger partial charge in [-0.2, -0.15) is 0 Å². The summed E-state index contributed by atoms with van der Waals surface area (Å²) in [6.45, 7) is 3.69. The molecule has 0 N–H and O–H groups in total. The molecule has 2 aliphatic rings. The van der Waals surface area contributed by atoms with Crippen molar-refractivity contribution in [1.29, 1.82) is 0 Å². The predicted molar refractivity (Wildman–Crippen MR) is 78.7 cm³/mol. The molecule has 2 rings (SSSR count). The topological polar surface area (TPSA) is 17.1 Å². The van der Waals surface area contributed by atoms with E-state index in [0.29, 0.717) is 18.8 Å². The van der Waals surface area contributed by atoms with Crippen LogP contribution in [0.1, 0.15) is 89.9 Å². The third-order valence-corrected chi connectivity index (χ3v) is 4.32. The molecule has 0 amide bonds. The minimum atomic E-state index is -1.30. The zero-order chi connectivity index (χ0) is 16.8. The molecule has 0 aromatic heterocycles. The first-order chi connectivity index (χ1) is 10.2. The Balaban J connectivity index is 0.000000745. The van der Waals surface area contributed by atoms with Gasteiger partial charge in [0, 0.05) is 5.48 Å². The van der Waals surface area contributed by atoms with Crippen molar-refractivity contribution in [3.8, 4) is 0 Å². The number of hydrogen-bond donors (Lipinski definition) is 0. The van der Waals surface area contributed by atoms with E-state index in [-0.39, 0.29) is 12.3 Å². The maximum Gasteiger partial charge on any atom is 0.116 e. The fourth-order valence-electron chi connectivity index (χ4n) is 3.37. The van der Waals surface area contributed by atoms with Gasteiger partial charge < -0.3 is 4.79 Å². The van der Waals surface area contributed by atoms with Crippen LogP contribution in [0.2, 0.25) is 0 Å². The van der Waals surface area contributed by atoms with Gasteiger partial charge in [-0.25, -0.2) is 0 Å². The molecule has 2 fully saturated rings. The Hall–Kier alpha value is -0.330. The lowest BCUT2D eigenvalue weighted by Crippen LogP contribution is -2.23. The summed E-state index contributed by atoms with van der Waals surface area (Å²) in [5.41, 5.74) is 0. The van der Waals surface area contributed by atoms with Gasteiger partial charge in [0.15, 0.2) is 0 Å². The van der Waals surface area contributed by atoms with E-state index in [1.807, 2.05) is 0 Å². The number of carbonyl (C=O) groups is 1. The van der Waals surface area contributed by atoms with Gasteiger partial charge in [0.1, 0.15) is 6.29 Å². The van der Waals surface area contributed by atoms with Crippen LogP contribution in [0.4, 0.5) is 0 Å². The Morgan fingerprint density at radius 1 is 1.06 bits per heavy atom. The largest absolute Gasteiger partial charge is 0.304 e. The van der Waals surface area contributed by atoms with Crippen LogP contribution in [0.5, 0.6) is 0 Å². The fraction of sp³-hybridized carbons (Fsp3) is 0.941. The van der Waals surface area contributed by atoms with Crippen LogP contribution >= 0.6 is 0 Å². The van der Waals surface area contributed by atoms with Crippen LogP contribution in [0, 0.1) is 17.8 Å². The van der Waals surface area contributed by atoms with Gasteiger partial charge in [0.05, 0.1) is 0 Å². The first kappa shape index (κ1) is 10.5. The highest BCUT2D eigenvalue weighted by atomic mass is 16.1. The number of carbonyl (C=O) groups excluding carboxylic acids is 1. The summed E-state index contributed by atoms with van der Waals surface area (Å²) in [7, 11) is 0. The van der Waals surface area contributed by atoms with E-state index >= 15 is 0 Å². The second kappa shape index (κ2) is 9.58. The van der Waals surface area contributed by atoms with Crippen molar-refractivity contribution in [3.63, 3.8) is 0 Å². The summed E-state index contributed by atoms with van der Waals surface area (Å²) in [5.74, 6) is 1.71. The molecule has 18 heavy (non-hydrogen) atoms. The van der Waals surface area contributed by atoms with E-state index in [9.17, 15) is 0 Å². The van der Waals surface area contributed by atoms with Crippen molar-refractivity contribution in [2.75, 3.05) is 0 Å². The standard InChI is InChI=1S/C15H28.C2H4O/c1-2-6-13-9-11-15(12-10-13)14-7-4-3-5-8-14;1-2-3/h13-15H,2-12H2,1H3;2H,1H3/i4D2,5D2;. The molecule has 0 spiro atoms. The lowest BCUT2D eigenvalue weighted by Gasteiger charge is -2.35. The fourth-order valence-corrected chi connectivity index (χ4v) is 3.37. The average Bonchev–Trinajstić information content (AvgIpc) is 2.37. The summed E-state index contributed by atoms with van der Waals surface area (Å²) in [5, 5.41) is 0. The molecule has 1 heteroatoms. The van der Waals surface area contributed by atoms with E-state index < -0.39 is 12.7 Å². The molecule has 0 unspecified atom stereocenters. The van der Waals surface area contributed by atoms with E-state index in [0.717, 1.165) is 12.2 Å². The molecular formula is C17H32O. The average molecular weight is 256 g/mol. The Morgan fingerprint density at radius 2 is 1.56 bits per heavy atom. The number of aldehydes is 1. The van der Waals surface area contributed by atoms with Crippen LogP contribution < -0.4 is 0 Å². The second-order valence-corrected chi connectivity index (χ2v) is 5.65. The Morgan fingerprint density at radius 3 is 2.06 bits per heavy atom. The van der Waals surface area contributed by atoms with Crippen LogP contribution in [0.15, 0.2) is 0 Å². The molecule has 0 aromatic rings. The lowest BCUT2D eigenvalue weighted by molar-refractivity contribution is -0.106. The molecule has 0 aliphatic heterocycles. The Kier molecular flexibility index (Phi) is 5.57. The number of rotatable bonds is 3. The Labute approximate surface area is 119 Å². The third kappa shape index (κ3) is 5.54. The summed E-state index contributed by atoms with van der Waals surface area (Å²) < 4.78 is 31.9. The molecule has 2 aliphatic carbocycles. The van der Waals surface area contributed by atoms with Crippen molar-refractivity contribution in [2.45, 2.75) is 84.4 Å². The van der Waals surface area contributed by atoms with Gasteiger partial charge in [-0.05, 0) is 37.5 Å². The van der Waals surface area contributed by atoms with E-state index in [4.69, 9.17) is 10.3 Å². The third-order valence-electron chi connectivity index (χ3n) is 4.32. The molecule has 0 atom stereocenters. The zero-order valence-electron chi connectivity index (χ0n) is 16.1. The summed E-state index contributed by atoms with van der Waals surface area (Å²) in [6, 6.07) is 0. The second-order valence-electron chi connectivity index (χ2n) is 5.65. The monoisotopic (exact) mass is 256 g/mol. The van der Waals surface area contributed by atoms with Gasteiger partial charge in [-0.15, -0.1) is 0 Å². The minimum Gasteiger partial charge on any atom is -0.304 e. The summed E-state index contributed by atoms with van der Waals surface area (Å²) in [6.07, 6.45) is 6.94. The quantitative estimate of drug-likeness (QED) is 0.620. The molecular weight excluding hydrogens is 220 g/mol. The molecule has 0 bridgehead atoms. The number of hydrogen-bond acceptors (Lipinski definition) is 1. The van der Waals surface area contributed by atoms with Gasteiger partial charge in [0.25, 0.3) is 0 Å². The summed E-state index contributed by atoms with van der Waals surface area (Å²) >= 11 is 0.